The smallest absolute Gasteiger partial charge is 0.227 e. The molecule has 1 aliphatic heterocycles. The molecule has 2 amide bonds. The van der Waals surface area contributed by atoms with E-state index in [0.29, 0.717) is 30.3 Å². The van der Waals surface area contributed by atoms with Gasteiger partial charge >= 0.3 is 0 Å². The minimum absolute atomic E-state index is 0.0310. The predicted molar refractivity (Wildman–Crippen MR) is 101 cm³/mol. The monoisotopic (exact) mass is 379 g/mol. The third-order valence-corrected chi connectivity index (χ3v) is 5.35. The highest BCUT2D eigenvalue weighted by atomic mass is 32.1. The van der Waals surface area contributed by atoms with E-state index in [0.717, 1.165) is 38.1 Å². The summed E-state index contributed by atoms with van der Waals surface area (Å²) in [5.41, 5.74) is -0.406. The van der Waals surface area contributed by atoms with Crippen LogP contribution in [0.3, 0.4) is 0 Å². The number of piperidine rings is 1. The van der Waals surface area contributed by atoms with Gasteiger partial charge in [0, 0.05) is 37.5 Å². The number of aromatic amines is 1. The highest BCUT2D eigenvalue weighted by Crippen LogP contribution is 2.35. The standard InChI is InChI=1S/C18H29N5O2S/c1-18(2,3)16(25)22-10-4-5-12(11-22)15(24)19-9-8-14-20-21-17(26)23(14)13-6-7-13/h12-13H,4-11H2,1-3H3,(H,19,24)(H,21,26). The molecule has 8 heteroatoms. The fourth-order valence-corrected chi connectivity index (χ4v) is 3.81. The Morgan fingerprint density at radius 3 is 2.69 bits per heavy atom. The van der Waals surface area contributed by atoms with Crippen molar-refractivity contribution >= 4 is 24.0 Å². The first kappa shape index (κ1) is 19.1. The average molecular weight is 380 g/mol. The summed E-state index contributed by atoms with van der Waals surface area (Å²) in [6.07, 6.45) is 4.66. The summed E-state index contributed by atoms with van der Waals surface area (Å²) in [5, 5.41) is 10.2. The lowest BCUT2D eigenvalue weighted by Crippen LogP contribution is -2.48. The summed E-state index contributed by atoms with van der Waals surface area (Å²) in [6, 6.07) is 0.474. The average Bonchev–Trinajstić information content (AvgIpc) is 3.36. The summed E-state index contributed by atoms with van der Waals surface area (Å²) in [7, 11) is 0. The van der Waals surface area contributed by atoms with E-state index in [-0.39, 0.29) is 17.7 Å². The quantitative estimate of drug-likeness (QED) is 0.769. The molecule has 144 valence electrons. The van der Waals surface area contributed by atoms with Crippen LogP contribution in [0.4, 0.5) is 0 Å². The van der Waals surface area contributed by atoms with Gasteiger partial charge in [0.25, 0.3) is 0 Å². The van der Waals surface area contributed by atoms with Crippen LogP contribution in [0.5, 0.6) is 0 Å². The van der Waals surface area contributed by atoms with Crippen molar-refractivity contribution in [3.63, 3.8) is 0 Å². The number of hydrogen-bond donors (Lipinski definition) is 2. The summed E-state index contributed by atoms with van der Waals surface area (Å²) in [4.78, 5) is 26.8. The number of aromatic nitrogens is 3. The lowest BCUT2D eigenvalue weighted by molar-refractivity contribution is -0.142. The fraction of sp³-hybridized carbons (Fsp3) is 0.778. The molecule has 1 unspecified atom stereocenters. The maximum atomic E-state index is 12.5. The van der Waals surface area contributed by atoms with Crippen LogP contribution in [0.25, 0.3) is 0 Å². The number of likely N-dealkylation sites (tertiary alicyclic amines) is 1. The van der Waals surface area contributed by atoms with Gasteiger partial charge in [-0.1, -0.05) is 20.8 Å². The van der Waals surface area contributed by atoms with Gasteiger partial charge in [-0.25, -0.2) is 0 Å². The Morgan fingerprint density at radius 1 is 1.31 bits per heavy atom. The van der Waals surface area contributed by atoms with E-state index in [1.807, 2.05) is 25.7 Å². The second-order valence-corrected chi connectivity index (χ2v) is 8.81. The topological polar surface area (TPSA) is 83.0 Å². The molecule has 2 heterocycles. The Balaban J connectivity index is 1.50. The Kier molecular flexibility index (Phi) is 5.50. The normalized spacial score (nSPS) is 20.9. The van der Waals surface area contributed by atoms with Gasteiger partial charge in [0.15, 0.2) is 4.77 Å². The Morgan fingerprint density at radius 2 is 2.04 bits per heavy atom. The van der Waals surface area contributed by atoms with Crippen LogP contribution in [0.15, 0.2) is 0 Å². The Hall–Kier alpha value is -1.70. The first-order valence-electron chi connectivity index (χ1n) is 9.50. The number of nitrogens with one attached hydrogen (secondary N) is 2. The third kappa shape index (κ3) is 4.34. The van der Waals surface area contributed by atoms with E-state index < -0.39 is 5.41 Å². The van der Waals surface area contributed by atoms with E-state index >= 15 is 0 Å². The molecule has 1 aromatic heterocycles. The van der Waals surface area contributed by atoms with Gasteiger partial charge in [-0.15, -0.1) is 0 Å². The third-order valence-electron chi connectivity index (χ3n) is 5.06. The second kappa shape index (κ2) is 7.50. The van der Waals surface area contributed by atoms with Crippen molar-refractivity contribution in [2.45, 2.75) is 58.9 Å². The minimum atomic E-state index is -0.406. The number of rotatable bonds is 5. The van der Waals surface area contributed by atoms with Crippen LogP contribution in [0, 0.1) is 16.1 Å². The first-order chi connectivity index (χ1) is 12.3. The van der Waals surface area contributed by atoms with Gasteiger partial charge in [0.05, 0.1) is 5.92 Å². The zero-order valence-electron chi connectivity index (χ0n) is 15.9. The Bertz CT molecular complexity index is 729. The van der Waals surface area contributed by atoms with Crippen molar-refractivity contribution in [1.82, 2.24) is 25.0 Å². The first-order valence-corrected chi connectivity index (χ1v) is 9.91. The number of amides is 2. The van der Waals surface area contributed by atoms with Gasteiger partial charge < -0.3 is 14.8 Å². The highest BCUT2D eigenvalue weighted by molar-refractivity contribution is 7.71. The predicted octanol–water partition coefficient (Wildman–Crippen LogP) is 2.22. The van der Waals surface area contributed by atoms with Crippen molar-refractivity contribution in [2.24, 2.45) is 11.3 Å². The molecule has 1 saturated heterocycles. The van der Waals surface area contributed by atoms with Gasteiger partial charge in [-0.3, -0.25) is 14.7 Å². The molecule has 2 N–H and O–H groups in total. The number of hydrogen-bond acceptors (Lipinski definition) is 4. The molecule has 0 spiro atoms. The van der Waals surface area contributed by atoms with Crippen molar-refractivity contribution < 1.29 is 9.59 Å². The summed E-state index contributed by atoms with van der Waals surface area (Å²) in [6.45, 7) is 7.57. The molecular formula is C18H29N5O2S. The maximum absolute atomic E-state index is 12.5. The molecule has 2 aliphatic rings. The molecule has 0 bridgehead atoms. The van der Waals surface area contributed by atoms with E-state index in [4.69, 9.17) is 12.2 Å². The summed E-state index contributed by atoms with van der Waals surface area (Å²) >= 11 is 5.28. The van der Waals surface area contributed by atoms with Crippen LogP contribution in [-0.4, -0.2) is 51.1 Å². The molecular weight excluding hydrogens is 350 g/mol. The van der Waals surface area contributed by atoms with Crippen LogP contribution >= 0.6 is 12.2 Å². The molecule has 1 saturated carbocycles. The van der Waals surface area contributed by atoms with E-state index in [9.17, 15) is 9.59 Å². The van der Waals surface area contributed by atoms with Crippen LogP contribution in [0.2, 0.25) is 0 Å². The molecule has 1 aromatic rings. The van der Waals surface area contributed by atoms with Gasteiger partial charge in [0.1, 0.15) is 5.82 Å². The lowest BCUT2D eigenvalue weighted by atomic mass is 9.91. The van der Waals surface area contributed by atoms with Crippen molar-refractivity contribution in [1.29, 1.82) is 0 Å². The fourth-order valence-electron chi connectivity index (χ4n) is 3.51. The van der Waals surface area contributed by atoms with Crippen LogP contribution in [-0.2, 0) is 16.0 Å². The summed E-state index contributed by atoms with van der Waals surface area (Å²) < 4.78 is 2.74. The number of H-pyrrole nitrogens is 1. The van der Waals surface area contributed by atoms with Crippen molar-refractivity contribution in [2.75, 3.05) is 19.6 Å². The van der Waals surface area contributed by atoms with Gasteiger partial charge in [-0.2, -0.15) is 5.10 Å². The second-order valence-electron chi connectivity index (χ2n) is 8.43. The van der Waals surface area contributed by atoms with Gasteiger partial charge in [0.2, 0.25) is 11.8 Å². The molecule has 1 aliphatic carbocycles. The zero-order valence-corrected chi connectivity index (χ0v) is 16.7. The molecule has 26 heavy (non-hydrogen) atoms. The van der Waals surface area contributed by atoms with E-state index in [2.05, 4.69) is 20.1 Å². The van der Waals surface area contributed by atoms with Crippen LogP contribution in [0.1, 0.15) is 58.3 Å². The lowest BCUT2D eigenvalue weighted by Gasteiger charge is -2.35. The largest absolute Gasteiger partial charge is 0.355 e. The molecule has 2 fully saturated rings. The highest BCUT2D eigenvalue weighted by Gasteiger charge is 2.33. The number of carbonyl (C=O) groups is 2. The maximum Gasteiger partial charge on any atom is 0.227 e. The number of nitrogens with zero attached hydrogens (tertiary/aromatic N) is 3. The molecule has 0 aromatic carbocycles. The molecule has 1 atom stereocenters. The Labute approximate surface area is 159 Å². The van der Waals surface area contributed by atoms with Crippen LogP contribution < -0.4 is 5.32 Å². The van der Waals surface area contributed by atoms with E-state index in [1.54, 1.807) is 0 Å². The summed E-state index contributed by atoms with van der Waals surface area (Å²) in [5.74, 6) is 0.934. The van der Waals surface area contributed by atoms with Gasteiger partial charge in [-0.05, 0) is 37.9 Å². The molecule has 0 radical (unpaired) electrons. The van der Waals surface area contributed by atoms with Crippen molar-refractivity contribution in [3.8, 4) is 0 Å². The minimum Gasteiger partial charge on any atom is -0.355 e. The van der Waals surface area contributed by atoms with E-state index in [1.165, 1.54) is 0 Å². The molecule has 7 nitrogen and oxygen atoms in total. The zero-order chi connectivity index (χ0) is 18.9. The number of carbonyl (C=O) groups excluding carboxylic acids is 2. The molecule has 3 rings (SSSR count). The van der Waals surface area contributed by atoms with Crippen molar-refractivity contribution in [3.05, 3.63) is 10.6 Å². The SMILES string of the molecule is CC(C)(C)C(=O)N1CCCC(C(=O)NCCc2n[nH]c(=S)n2C2CC2)C1.